The molecule has 2 nitrogen and oxygen atoms in total. The zero-order chi connectivity index (χ0) is 15.9. The topological polar surface area (TPSA) is 18.5 Å². The molecule has 0 aliphatic heterocycles. The molecule has 0 aromatic carbocycles. The molecule has 0 fully saturated rings. The van der Waals surface area contributed by atoms with Crippen molar-refractivity contribution in [3.8, 4) is 0 Å². The lowest BCUT2D eigenvalue weighted by atomic mass is 10.0. The second-order valence-corrected chi connectivity index (χ2v) is 6.84. The minimum atomic E-state index is 0.507. The first-order valence-electron chi connectivity index (χ1n) is 9.29. The molecule has 3 atom stereocenters. The predicted molar refractivity (Wildman–Crippen MR) is 92.8 cm³/mol. The highest BCUT2D eigenvalue weighted by Gasteiger charge is 2.09. The van der Waals surface area contributed by atoms with E-state index in [2.05, 4.69) is 34.6 Å². The van der Waals surface area contributed by atoms with Gasteiger partial charge >= 0.3 is 0 Å². The van der Waals surface area contributed by atoms with Gasteiger partial charge in [0.2, 0.25) is 0 Å². The van der Waals surface area contributed by atoms with E-state index in [1.54, 1.807) is 0 Å². The average Bonchev–Trinajstić information content (AvgIpc) is 2.48. The van der Waals surface area contributed by atoms with E-state index in [4.69, 9.17) is 9.47 Å². The summed E-state index contributed by atoms with van der Waals surface area (Å²) < 4.78 is 11.7. The molecule has 0 N–H and O–H groups in total. The fourth-order valence-electron chi connectivity index (χ4n) is 2.49. The summed E-state index contributed by atoms with van der Waals surface area (Å²) in [5.74, 6) is 1.94. The van der Waals surface area contributed by atoms with Gasteiger partial charge in [0.15, 0.2) is 0 Å². The van der Waals surface area contributed by atoms with E-state index in [0.717, 1.165) is 32.3 Å². The summed E-state index contributed by atoms with van der Waals surface area (Å²) in [7, 11) is 0. The maximum Gasteiger partial charge on any atom is 0.0513 e. The molecule has 0 rings (SSSR count). The Labute approximate surface area is 134 Å². The normalized spacial score (nSPS) is 15.9. The Morgan fingerprint density at radius 1 is 0.667 bits per heavy atom. The van der Waals surface area contributed by atoms with Crippen molar-refractivity contribution >= 4 is 0 Å². The maximum absolute atomic E-state index is 5.89. The number of hydrogen-bond acceptors (Lipinski definition) is 2. The zero-order valence-corrected chi connectivity index (χ0v) is 15.3. The van der Waals surface area contributed by atoms with E-state index in [1.807, 2.05) is 0 Å². The van der Waals surface area contributed by atoms with Crippen LogP contribution in [0.1, 0.15) is 79.6 Å². The van der Waals surface area contributed by atoms with E-state index in [0.29, 0.717) is 11.8 Å². The maximum atomic E-state index is 5.89. The highest BCUT2D eigenvalue weighted by Crippen LogP contribution is 2.13. The van der Waals surface area contributed by atoms with E-state index < -0.39 is 0 Å². The summed E-state index contributed by atoms with van der Waals surface area (Å²) in [5.41, 5.74) is 0. The number of ether oxygens (including phenoxy) is 2. The van der Waals surface area contributed by atoms with Crippen LogP contribution < -0.4 is 0 Å². The molecular formula is C19H40O2. The Morgan fingerprint density at radius 3 is 1.76 bits per heavy atom. The van der Waals surface area contributed by atoms with Crippen LogP contribution in [0.25, 0.3) is 0 Å². The fourth-order valence-corrected chi connectivity index (χ4v) is 2.49. The molecule has 0 aliphatic rings. The summed E-state index contributed by atoms with van der Waals surface area (Å²) >= 11 is 0. The zero-order valence-electron chi connectivity index (χ0n) is 15.3. The Kier molecular flexibility index (Phi) is 14.8. The molecule has 0 aromatic heterocycles. The van der Waals surface area contributed by atoms with Gasteiger partial charge in [-0.15, -0.1) is 0 Å². The minimum Gasteiger partial charge on any atom is -0.381 e. The molecule has 0 heterocycles. The lowest BCUT2D eigenvalue weighted by Gasteiger charge is -2.18. The standard InChI is InChI=1S/C19H40O2/c1-6-9-11-17(4)13-20-14-18(5)15-21-16-19(8-3)12-10-7-2/h17-19H,6-16H2,1-5H3. The first-order chi connectivity index (χ1) is 10.1. The molecule has 0 amide bonds. The molecule has 21 heavy (non-hydrogen) atoms. The van der Waals surface area contributed by atoms with Crippen LogP contribution in [0.3, 0.4) is 0 Å². The van der Waals surface area contributed by atoms with Gasteiger partial charge in [0.1, 0.15) is 0 Å². The SMILES string of the molecule is CCCCC(C)COCC(C)COCC(CC)CCCC. The van der Waals surface area contributed by atoms with Gasteiger partial charge < -0.3 is 9.47 Å². The van der Waals surface area contributed by atoms with Gasteiger partial charge in [-0.25, -0.2) is 0 Å². The molecule has 0 spiro atoms. The Hall–Kier alpha value is -0.0800. The van der Waals surface area contributed by atoms with Gasteiger partial charge in [-0.2, -0.15) is 0 Å². The number of hydrogen-bond donors (Lipinski definition) is 0. The third-order valence-electron chi connectivity index (χ3n) is 4.15. The first-order valence-corrected chi connectivity index (χ1v) is 9.29. The molecule has 0 aliphatic carbocycles. The van der Waals surface area contributed by atoms with E-state index in [1.165, 1.54) is 44.9 Å². The lowest BCUT2D eigenvalue weighted by molar-refractivity contribution is 0.0219. The van der Waals surface area contributed by atoms with Crippen molar-refractivity contribution in [1.29, 1.82) is 0 Å². The summed E-state index contributed by atoms with van der Waals surface area (Å²) in [6.07, 6.45) is 9.06. The first kappa shape index (κ1) is 20.9. The Bertz CT molecular complexity index is 206. The van der Waals surface area contributed by atoms with Gasteiger partial charge in [-0.3, -0.25) is 0 Å². The van der Waals surface area contributed by atoms with E-state index in [9.17, 15) is 0 Å². The largest absolute Gasteiger partial charge is 0.381 e. The van der Waals surface area contributed by atoms with Gasteiger partial charge in [-0.05, 0) is 24.7 Å². The summed E-state index contributed by atoms with van der Waals surface area (Å²) in [6.45, 7) is 14.8. The molecule has 0 radical (unpaired) electrons. The molecule has 128 valence electrons. The highest BCUT2D eigenvalue weighted by atomic mass is 16.5. The quantitative estimate of drug-likeness (QED) is 0.386. The van der Waals surface area contributed by atoms with Crippen molar-refractivity contribution in [3.05, 3.63) is 0 Å². The third-order valence-corrected chi connectivity index (χ3v) is 4.15. The monoisotopic (exact) mass is 300 g/mol. The van der Waals surface area contributed by atoms with Crippen LogP contribution in [0.5, 0.6) is 0 Å². The van der Waals surface area contributed by atoms with Crippen molar-refractivity contribution in [2.75, 3.05) is 26.4 Å². The number of unbranched alkanes of at least 4 members (excludes halogenated alkanes) is 2. The molecule has 3 unspecified atom stereocenters. The van der Waals surface area contributed by atoms with Crippen LogP contribution in [-0.4, -0.2) is 26.4 Å². The van der Waals surface area contributed by atoms with Crippen molar-refractivity contribution in [1.82, 2.24) is 0 Å². The highest BCUT2D eigenvalue weighted by molar-refractivity contribution is 4.58. The minimum absolute atomic E-state index is 0.507. The summed E-state index contributed by atoms with van der Waals surface area (Å²) in [5, 5.41) is 0. The predicted octanol–water partition coefficient (Wildman–Crippen LogP) is 5.70. The van der Waals surface area contributed by atoms with Crippen LogP contribution in [0, 0.1) is 17.8 Å². The second-order valence-electron chi connectivity index (χ2n) is 6.84. The number of rotatable bonds is 15. The third kappa shape index (κ3) is 13.3. The molecule has 0 saturated carbocycles. The average molecular weight is 301 g/mol. The lowest BCUT2D eigenvalue weighted by Crippen LogP contribution is -2.18. The molecule has 0 aromatic rings. The molecular weight excluding hydrogens is 260 g/mol. The fraction of sp³-hybridized carbons (Fsp3) is 1.00. The van der Waals surface area contributed by atoms with Gasteiger partial charge in [0.25, 0.3) is 0 Å². The summed E-state index contributed by atoms with van der Waals surface area (Å²) in [4.78, 5) is 0. The molecule has 0 saturated heterocycles. The van der Waals surface area contributed by atoms with Crippen molar-refractivity contribution in [2.45, 2.75) is 79.6 Å². The molecule has 0 bridgehead atoms. The van der Waals surface area contributed by atoms with Crippen molar-refractivity contribution in [3.63, 3.8) is 0 Å². The van der Waals surface area contributed by atoms with Crippen molar-refractivity contribution in [2.24, 2.45) is 17.8 Å². The molecule has 2 heteroatoms. The van der Waals surface area contributed by atoms with Crippen LogP contribution in [0.4, 0.5) is 0 Å². The summed E-state index contributed by atoms with van der Waals surface area (Å²) in [6, 6.07) is 0. The van der Waals surface area contributed by atoms with Gasteiger partial charge in [0.05, 0.1) is 13.2 Å². The van der Waals surface area contributed by atoms with Crippen LogP contribution in [0.2, 0.25) is 0 Å². The van der Waals surface area contributed by atoms with Gasteiger partial charge in [-0.1, -0.05) is 66.7 Å². The van der Waals surface area contributed by atoms with E-state index >= 15 is 0 Å². The van der Waals surface area contributed by atoms with Crippen LogP contribution >= 0.6 is 0 Å². The Morgan fingerprint density at radius 2 is 1.19 bits per heavy atom. The van der Waals surface area contributed by atoms with Gasteiger partial charge in [0, 0.05) is 19.1 Å². The van der Waals surface area contributed by atoms with Crippen LogP contribution in [-0.2, 0) is 9.47 Å². The van der Waals surface area contributed by atoms with Crippen molar-refractivity contribution < 1.29 is 9.47 Å². The van der Waals surface area contributed by atoms with E-state index in [-0.39, 0.29) is 0 Å². The smallest absolute Gasteiger partial charge is 0.0513 e. The Balaban J connectivity index is 3.54. The second kappa shape index (κ2) is 14.8. The van der Waals surface area contributed by atoms with Crippen LogP contribution in [0.15, 0.2) is 0 Å².